The molecule has 0 atom stereocenters. The maximum Gasteiger partial charge on any atom is 0.261 e. The van der Waals surface area contributed by atoms with E-state index in [1.807, 2.05) is 0 Å². The molecule has 0 amide bonds. The minimum atomic E-state index is -3.64. The molecule has 0 aliphatic heterocycles. The second-order valence-corrected chi connectivity index (χ2v) is 6.10. The summed E-state index contributed by atoms with van der Waals surface area (Å²) in [6, 6.07) is 11.4. The number of rotatable bonds is 4. The van der Waals surface area contributed by atoms with Gasteiger partial charge in [-0.15, -0.1) is 0 Å². The highest BCUT2D eigenvalue weighted by atomic mass is 32.2. The van der Waals surface area contributed by atoms with Crippen LogP contribution in [0, 0.1) is 0 Å². The van der Waals surface area contributed by atoms with Gasteiger partial charge < -0.3 is 9.72 Å². The molecule has 1 heterocycles. The van der Waals surface area contributed by atoms with Gasteiger partial charge in [0, 0.05) is 5.69 Å². The zero-order valence-electron chi connectivity index (χ0n) is 11.2. The molecule has 0 unspecified atom stereocenters. The van der Waals surface area contributed by atoms with E-state index < -0.39 is 10.0 Å². The van der Waals surface area contributed by atoms with E-state index in [-0.39, 0.29) is 4.90 Å². The highest BCUT2D eigenvalue weighted by molar-refractivity contribution is 7.92. The average Bonchev–Trinajstić information content (AvgIpc) is 2.95. The highest BCUT2D eigenvalue weighted by Gasteiger charge is 2.15. The van der Waals surface area contributed by atoms with Gasteiger partial charge in [0.2, 0.25) is 0 Å². The van der Waals surface area contributed by atoms with Crippen LogP contribution in [-0.4, -0.2) is 25.5 Å². The molecule has 3 aromatic rings. The SMILES string of the molecule is COc1ccc(NS(=O)(=O)c2ccc3nc[nH]c3c2)cc1. The Balaban J connectivity index is 1.91. The van der Waals surface area contributed by atoms with Crippen LogP contribution in [0.4, 0.5) is 5.69 Å². The van der Waals surface area contributed by atoms with E-state index in [0.29, 0.717) is 17.0 Å². The van der Waals surface area contributed by atoms with Crippen molar-refractivity contribution in [2.75, 3.05) is 11.8 Å². The normalized spacial score (nSPS) is 11.5. The molecule has 0 radical (unpaired) electrons. The Morgan fingerprint density at radius 2 is 1.90 bits per heavy atom. The summed E-state index contributed by atoms with van der Waals surface area (Å²) in [6.45, 7) is 0. The number of anilines is 1. The van der Waals surface area contributed by atoms with Crippen molar-refractivity contribution < 1.29 is 13.2 Å². The first kappa shape index (κ1) is 13.4. The van der Waals surface area contributed by atoms with E-state index in [1.165, 1.54) is 12.4 Å². The quantitative estimate of drug-likeness (QED) is 0.775. The molecule has 108 valence electrons. The summed E-state index contributed by atoms with van der Waals surface area (Å²) in [5, 5.41) is 0. The maximum absolute atomic E-state index is 12.3. The predicted octanol–water partition coefficient (Wildman–Crippen LogP) is 2.37. The van der Waals surface area contributed by atoms with Crippen LogP contribution in [0.2, 0.25) is 0 Å². The molecule has 3 rings (SSSR count). The van der Waals surface area contributed by atoms with Crippen LogP contribution in [0.5, 0.6) is 5.75 Å². The fourth-order valence-corrected chi connectivity index (χ4v) is 3.04. The fourth-order valence-electron chi connectivity index (χ4n) is 1.95. The van der Waals surface area contributed by atoms with Crippen molar-refractivity contribution in [2.45, 2.75) is 4.90 Å². The Kier molecular flexibility index (Phi) is 3.26. The number of benzene rings is 2. The second-order valence-electron chi connectivity index (χ2n) is 4.42. The van der Waals surface area contributed by atoms with Crippen LogP contribution in [0.25, 0.3) is 11.0 Å². The largest absolute Gasteiger partial charge is 0.497 e. The molecule has 0 aliphatic rings. The van der Waals surface area contributed by atoms with Gasteiger partial charge >= 0.3 is 0 Å². The van der Waals surface area contributed by atoms with Gasteiger partial charge in [0.05, 0.1) is 29.4 Å². The average molecular weight is 303 g/mol. The number of ether oxygens (including phenoxy) is 1. The minimum absolute atomic E-state index is 0.176. The van der Waals surface area contributed by atoms with Crippen molar-refractivity contribution >= 4 is 26.7 Å². The summed E-state index contributed by atoms with van der Waals surface area (Å²) in [5.74, 6) is 0.664. The van der Waals surface area contributed by atoms with Crippen LogP contribution >= 0.6 is 0 Å². The molecule has 21 heavy (non-hydrogen) atoms. The third-order valence-corrected chi connectivity index (χ3v) is 4.42. The molecule has 0 saturated heterocycles. The third-order valence-electron chi connectivity index (χ3n) is 3.04. The first-order chi connectivity index (χ1) is 10.1. The van der Waals surface area contributed by atoms with E-state index in [9.17, 15) is 8.42 Å². The van der Waals surface area contributed by atoms with Gasteiger partial charge in [0.15, 0.2) is 0 Å². The number of aromatic amines is 1. The molecule has 0 bridgehead atoms. The van der Waals surface area contributed by atoms with Crippen LogP contribution in [0.1, 0.15) is 0 Å². The van der Waals surface area contributed by atoms with E-state index in [4.69, 9.17) is 4.74 Å². The van der Waals surface area contributed by atoms with Gasteiger partial charge in [-0.3, -0.25) is 4.72 Å². The highest BCUT2D eigenvalue weighted by Crippen LogP contribution is 2.21. The molecule has 0 spiro atoms. The van der Waals surface area contributed by atoms with Gasteiger partial charge in [-0.25, -0.2) is 13.4 Å². The van der Waals surface area contributed by atoms with Crippen LogP contribution in [0.3, 0.4) is 0 Å². The van der Waals surface area contributed by atoms with Gasteiger partial charge in [0.1, 0.15) is 5.75 Å². The van der Waals surface area contributed by atoms with Crippen molar-refractivity contribution in [1.82, 2.24) is 9.97 Å². The Hall–Kier alpha value is -2.54. The molecule has 0 aliphatic carbocycles. The van der Waals surface area contributed by atoms with Crippen molar-refractivity contribution in [1.29, 1.82) is 0 Å². The lowest BCUT2D eigenvalue weighted by Crippen LogP contribution is -2.12. The predicted molar refractivity (Wildman–Crippen MR) is 79.9 cm³/mol. The van der Waals surface area contributed by atoms with Gasteiger partial charge in [-0.05, 0) is 42.5 Å². The molecule has 7 heteroatoms. The van der Waals surface area contributed by atoms with Crippen LogP contribution in [-0.2, 0) is 10.0 Å². The van der Waals surface area contributed by atoms with Crippen molar-refractivity contribution in [2.24, 2.45) is 0 Å². The number of hydrogen-bond acceptors (Lipinski definition) is 4. The number of nitrogens with zero attached hydrogens (tertiary/aromatic N) is 1. The lowest BCUT2D eigenvalue weighted by Gasteiger charge is -2.08. The molecular weight excluding hydrogens is 290 g/mol. The molecular formula is C14H13N3O3S. The summed E-state index contributed by atoms with van der Waals surface area (Å²) in [4.78, 5) is 7.13. The lowest BCUT2D eigenvalue weighted by molar-refractivity contribution is 0.415. The number of fused-ring (bicyclic) bond motifs is 1. The second kappa shape index (κ2) is 5.10. The Bertz CT molecular complexity index is 870. The molecule has 0 fully saturated rings. The molecule has 1 aromatic heterocycles. The summed E-state index contributed by atoms with van der Waals surface area (Å²) < 4.78 is 32.2. The van der Waals surface area contributed by atoms with Crippen molar-refractivity contribution in [3.8, 4) is 5.75 Å². The van der Waals surface area contributed by atoms with Crippen molar-refractivity contribution in [3.63, 3.8) is 0 Å². The zero-order valence-corrected chi connectivity index (χ0v) is 12.0. The zero-order chi connectivity index (χ0) is 14.9. The number of sulfonamides is 1. The number of H-pyrrole nitrogens is 1. The smallest absolute Gasteiger partial charge is 0.261 e. The lowest BCUT2D eigenvalue weighted by atomic mass is 10.3. The minimum Gasteiger partial charge on any atom is -0.497 e. The van der Waals surface area contributed by atoms with Crippen LogP contribution in [0.15, 0.2) is 53.7 Å². The number of hydrogen-bond donors (Lipinski definition) is 2. The van der Waals surface area contributed by atoms with E-state index in [0.717, 1.165) is 5.52 Å². The monoisotopic (exact) mass is 303 g/mol. The Morgan fingerprint density at radius 1 is 1.14 bits per heavy atom. The molecule has 0 saturated carbocycles. The number of nitrogens with one attached hydrogen (secondary N) is 2. The van der Waals surface area contributed by atoms with Gasteiger partial charge in [0.25, 0.3) is 10.0 Å². The van der Waals surface area contributed by atoms with E-state index >= 15 is 0 Å². The topological polar surface area (TPSA) is 84.1 Å². The first-order valence-corrected chi connectivity index (χ1v) is 7.67. The van der Waals surface area contributed by atoms with Crippen molar-refractivity contribution in [3.05, 3.63) is 48.8 Å². The number of imidazole rings is 1. The van der Waals surface area contributed by atoms with Crippen LogP contribution < -0.4 is 9.46 Å². The standard InChI is InChI=1S/C14H13N3O3S/c1-20-11-4-2-10(3-5-11)17-21(18,19)12-6-7-13-14(8-12)16-9-15-13/h2-9,17H,1H3,(H,15,16). The van der Waals surface area contributed by atoms with E-state index in [1.54, 1.807) is 43.5 Å². The molecule has 2 N–H and O–H groups in total. The molecule has 2 aromatic carbocycles. The Labute approximate surface area is 121 Å². The summed E-state index contributed by atoms with van der Waals surface area (Å²) in [5.41, 5.74) is 1.87. The first-order valence-electron chi connectivity index (χ1n) is 6.18. The summed E-state index contributed by atoms with van der Waals surface area (Å²) >= 11 is 0. The summed E-state index contributed by atoms with van der Waals surface area (Å²) in [7, 11) is -2.09. The fraction of sp³-hybridized carbons (Fsp3) is 0.0714. The van der Waals surface area contributed by atoms with E-state index in [2.05, 4.69) is 14.7 Å². The number of methoxy groups -OCH3 is 1. The Morgan fingerprint density at radius 3 is 2.62 bits per heavy atom. The maximum atomic E-state index is 12.3. The number of aromatic nitrogens is 2. The van der Waals surface area contributed by atoms with Gasteiger partial charge in [-0.2, -0.15) is 0 Å². The molecule has 6 nitrogen and oxygen atoms in total. The third kappa shape index (κ3) is 2.68. The summed E-state index contributed by atoms with van der Waals surface area (Å²) in [6.07, 6.45) is 1.53. The van der Waals surface area contributed by atoms with Gasteiger partial charge in [-0.1, -0.05) is 0 Å².